The van der Waals surface area contributed by atoms with Gasteiger partial charge in [-0.3, -0.25) is 4.68 Å². The minimum atomic E-state index is 0.484. The van der Waals surface area contributed by atoms with Crippen molar-refractivity contribution < 1.29 is 0 Å². The Balaban J connectivity index is 2.39. The molecule has 2 aromatic heterocycles. The van der Waals surface area contributed by atoms with Crippen molar-refractivity contribution in [1.29, 1.82) is 0 Å². The second kappa shape index (κ2) is 5.05. The minimum Gasteiger partial charge on any atom is -0.326 e. The average molecular weight is 231 g/mol. The molecule has 0 aliphatic heterocycles. The van der Waals surface area contributed by atoms with E-state index in [4.69, 9.17) is 5.73 Å². The highest BCUT2D eigenvalue weighted by Gasteiger charge is 2.09. The van der Waals surface area contributed by atoms with E-state index in [0.29, 0.717) is 12.4 Å². The number of rotatable bonds is 4. The lowest BCUT2D eigenvalue weighted by Crippen LogP contribution is -2.06. The van der Waals surface area contributed by atoms with Gasteiger partial charge < -0.3 is 5.73 Å². The molecule has 2 aromatic rings. The van der Waals surface area contributed by atoms with E-state index in [1.54, 1.807) is 4.68 Å². The van der Waals surface area contributed by atoms with Crippen molar-refractivity contribution in [3.8, 4) is 11.5 Å². The lowest BCUT2D eigenvalue weighted by atomic mass is 10.1. The quantitative estimate of drug-likeness (QED) is 0.860. The largest absolute Gasteiger partial charge is 0.326 e. The number of hydrogen-bond donors (Lipinski definition) is 1. The molecule has 0 aromatic carbocycles. The van der Waals surface area contributed by atoms with Crippen molar-refractivity contribution in [2.45, 2.75) is 26.3 Å². The van der Waals surface area contributed by atoms with Crippen LogP contribution in [-0.2, 0) is 20.0 Å². The van der Waals surface area contributed by atoms with E-state index in [2.05, 4.69) is 22.0 Å². The highest BCUT2D eigenvalue weighted by molar-refractivity contribution is 5.48. The zero-order valence-electron chi connectivity index (χ0n) is 10.2. The van der Waals surface area contributed by atoms with Gasteiger partial charge in [0.25, 0.3) is 0 Å². The van der Waals surface area contributed by atoms with Crippen molar-refractivity contribution in [2.24, 2.45) is 12.8 Å². The third-order valence-corrected chi connectivity index (χ3v) is 2.60. The van der Waals surface area contributed by atoms with Crippen LogP contribution in [0.15, 0.2) is 18.5 Å². The molecule has 5 heteroatoms. The van der Waals surface area contributed by atoms with Gasteiger partial charge in [0.2, 0.25) is 0 Å². The molecule has 0 saturated carbocycles. The van der Waals surface area contributed by atoms with Crippen LogP contribution in [0.4, 0.5) is 0 Å². The van der Waals surface area contributed by atoms with Gasteiger partial charge in [0.15, 0.2) is 5.82 Å². The summed E-state index contributed by atoms with van der Waals surface area (Å²) in [6, 6.07) is 1.91. The Morgan fingerprint density at radius 1 is 1.41 bits per heavy atom. The van der Waals surface area contributed by atoms with E-state index in [1.807, 2.05) is 25.5 Å². The first-order valence-corrected chi connectivity index (χ1v) is 5.79. The fourth-order valence-corrected chi connectivity index (χ4v) is 1.72. The Labute approximate surface area is 101 Å². The molecular formula is C12H17N5. The third-order valence-electron chi connectivity index (χ3n) is 2.60. The van der Waals surface area contributed by atoms with Gasteiger partial charge in [0.05, 0.1) is 0 Å². The maximum Gasteiger partial charge on any atom is 0.180 e. The topological polar surface area (TPSA) is 69.6 Å². The van der Waals surface area contributed by atoms with Gasteiger partial charge in [-0.05, 0) is 12.5 Å². The Morgan fingerprint density at radius 3 is 2.82 bits per heavy atom. The number of nitrogens with two attached hydrogens (primary N) is 1. The van der Waals surface area contributed by atoms with E-state index in [9.17, 15) is 0 Å². The normalized spacial score (nSPS) is 10.8. The maximum absolute atomic E-state index is 5.67. The molecule has 0 aliphatic rings. The summed E-state index contributed by atoms with van der Waals surface area (Å²) in [7, 11) is 1.88. The third kappa shape index (κ3) is 2.50. The highest BCUT2D eigenvalue weighted by Crippen LogP contribution is 2.15. The van der Waals surface area contributed by atoms with E-state index < -0.39 is 0 Å². The van der Waals surface area contributed by atoms with Crippen LogP contribution < -0.4 is 5.73 Å². The molecule has 0 spiro atoms. The Kier molecular flexibility index (Phi) is 3.49. The van der Waals surface area contributed by atoms with E-state index in [-0.39, 0.29) is 0 Å². The molecule has 2 rings (SSSR count). The van der Waals surface area contributed by atoms with Gasteiger partial charge in [-0.2, -0.15) is 5.10 Å². The molecule has 90 valence electrons. The predicted molar refractivity (Wildman–Crippen MR) is 66.1 cm³/mol. The summed E-state index contributed by atoms with van der Waals surface area (Å²) in [5, 5.41) is 4.30. The second-order valence-electron chi connectivity index (χ2n) is 3.99. The molecule has 0 fully saturated rings. The first-order chi connectivity index (χ1) is 8.24. The van der Waals surface area contributed by atoms with Gasteiger partial charge in [-0.1, -0.05) is 13.3 Å². The van der Waals surface area contributed by atoms with Crippen LogP contribution >= 0.6 is 0 Å². The van der Waals surface area contributed by atoms with Crippen LogP contribution in [0.1, 0.15) is 24.6 Å². The number of nitrogens with zero attached hydrogens (tertiary/aromatic N) is 4. The summed E-state index contributed by atoms with van der Waals surface area (Å²) in [6.45, 7) is 2.61. The second-order valence-corrected chi connectivity index (χ2v) is 3.99. The lowest BCUT2D eigenvalue weighted by molar-refractivity contribution is 0.766. The first kappa shape index (κ1) is 11.7. The summed E-state index contributed by atoms with van der Waals surface area (Å²) in [5.41, 5.74) is 8.53. The van der Waals surface area contributed by atoms with Gasteiger partial charge in [0, 0.05) is 37.2 Å². The predicted octanol–water partition coefficient (Wildman–Crippen LogP) is 1.29. The van der Waals surface area contributed by atoms with Gasteiger partial charge in [-0.25, -0.2) is 9.97 Å². The fraction of sp³-hybridized carbons (Fsp3) is 0.417. The summed E-state index contributed by atoms with van der Waals surface area (Å²) >= 11 is 0. The smallest absolute Gasteiger partial charge is 0.180 e. The molecule has 0 amide bonds. The monoisotopic (exact) mass is 231 g/mol. The van der Waals surface area contributed by atoms with Crippen LogP contribution in [-0.4, -0.2) is 19.7 Å². The standard InChI is InChI=1S/C12H17N5/c1-3-4-10-9(7-13)8-14-12(15-10)11-5-6-17(2)16-11/h5-6,8H,3-4,7,13H2,1-2H3. The maximum atomic E-state index is 5.67. The number of aryl methyl sites for hydroxylation is 2. The number of hydrogen-bond acceptors (Lipinski definition) is 4. The number of aromatic nitrogens is 4. The fourth-order valence-electron chi connectivity index (χ4n) is 1.72. The molecule has 0 unspecified atom stereocenters. The van der Waals surface area contributed by atoms with Crippen LogP contribution in [0, 0.1) is 0 Å². The molecule has 0 saturated heterocycles. The van der Waals surface area contributed by atoms with Crippen LogP contribution in [0.2, 0.25) is 0 Å². The summed E-state index contributed by atoms with van der Waals surface area (Å²) in [6.07, 6.45) is 5.66. The lowest BCUT2D eigenvalue weighted by Gasteiger charge is -2.06. The van der Waals surface area contributed by atoms with Crippen molar-refractivity contribution in [3.05, 3.63) is 29.7 Å². The van der Waals surface area contributed by atoms with E-state index in [0.717, 1.165) is 29.8 Å². The Morgan fingerprint density at radius 2 is 2.24 bits per heavy atom. The zero-order valence-corrected chi connectivity index (χ0v) is 10.2. The van der Waals surface area contributed by atoms with Gasteiger partial charge in [-0.15, -0.1) is 0 Å². The van der Waals surface area contributed by atoms with E-state index >= 15 is 0 Å². The van der Waals surface area contributed by atoms with Crippen molar-refractivity contribution in [2.75, 3.05) is 0 Å². The molecular weight excluding hydrogens is 214 g/mol. The molecule has 2 N–H and O–H groups in total. The van der Waals surface area contributed by atoms with Crippen LogP contribution in [0.5, 0.6) is 0 Å². The Hall–Kier alpha value is -1.75. The SMILES string of the molecule is CCCc1nc(-c2ccn(C)n2)ncc1CN. The molecule has 0 atom stereocenters. The summed E-state index contributed by atoms with van der Waals surface area (Å²) in [4.78, 5) is 8.86. The summed E-state index contributed by atoms with van der Waals surface area (Å²) < 4.78 is 1.75. The highest BCUT2D eigenvalue weighted by atomic mass is 15.3. The molecule has 2 heterocycles. The van der Waals surface area contributed by atoms with Crippen molar-refractivity contribution in [1.82, 2.24) is 19.7 Å². The average Bonchev–Trinajstić information content (AvgIpc) is 2.76. The first-order valence-electron chi connectivity index (χ1n) is 5.79. The van der Waals surface area contributed by atoms with Gasteiger partial charge >= 0.3 is 0 Å². The van der Waals surface area contributed by atoms with Crippen LogP contribution in [0.3, 0.4) is 0 Å². The van der Waals surface area contributed by atoms with Gasteiger partial charge in [0.1, 0.15) is 5.69 Å². The molecule has 0 aliphatic carbocycles. The minimum absolute atomic E-state index is 0.484. The van der Waals surface area contributed by atoms with Crippen LogP contribution in [0.25, 0.3) is 11.5 Å². The van der Waals surface area contributed by atoms with Crippen molar-refractivity contribution >= 4 is 0 Å². The molecule has 17 heavy (non-hydrogen) atoms. The zero-order chi connectivity index (χ0) is 12.3. The summed E-state index contributed by atoms with van der Waals surface area (Å²) in [5.74, 6) is 0.672. The van der Waals surface area contributed by atoms with Crippen molar-refractivity contribution in [3.63, 3.8) is 0 Å². The van der Waals surface area contributed by atoms with E-state index in [1.165, 1.54) is 0 Å². The Bertz CT molecular complexity index is 503. The molecule has 0 radical (unpaired) electrons. The molecule has 5 nitrogen and oxygen atoms in total. The molecule has 0 bridgehead atoms.